The van der Waals surface area contributed by atoms with Crippen LogP contribution in [0.3, 0.4) is 0 Å². The standard InChI is InChI=1S/C36H32N4O/c1-21(2)28-17-25(24-11-7-6-8-12-24)18-29(22(3)4)34(28)40-31-14-10-9-13-30(31)39-35(40)26-19-32-33(37-20-26)27-16-15-23(5)38-36(27)41-32/h6-22H,1-5H3. The topological polar surface area (TPSA) is 56.7 Å². The Morgan fingerprint density at radius 3 is 2.15 bits per heavy atom. The molecule has 0 N–H and O–H groups in total. The third-order valence-electron chi connectivity index (χ3n) is 7.88. The lowest BCUT2D eigenvalue weighted by Gasteiger charge is -2.24. The Bertz CT molecular complexity index is 2040. The number of benzene rings is 3. The minimum Gasteiger partial charge on any atom is -0.436 e. The third kappa shape index (κ3) is 4.20. The molecule has 7 aromatic rings. The summed E-state index contributed by atoms with van der Waals surface area (Å²) < 4.78 is 8.53. The molecule has 0 unspecified atom stereocenters. The summed E-state index contributed by atoms with van der Waals surface area (Å²) >= 11 is 0. The smallest absolute Gasteiger partial charge is 0.229 e. The quantitative estimate of drug-likeness (QED) is 0.220. The summed E-state index contributed by atoms with van der Waals surface area (Å²) in [5, 5.41) is 0.923. The SMILES string of the molecule is Cc1ccc2c(n1)oc1cc(-c3nc4ccccc4n3-c3c(C(C)C)cc(-c4ccccc4)cc3C(C)C)cnc12. The van der Waals surface area contributed by atoms with E-state index in [1.807, 2.05) is 31.3 Å². The molecule has 202 valence electrons. The minimum absolute atomic E-state index is 0.297. The Hall–Kier alpha value is -4.77. The van der Waals surface area contributed by atoms with E-state index in [4.69, 9.17) is 14.4 Å². The molecule has 0 fully saturated rings. The number of aromatic nitrogens is 4. The summed E-state index contributed by atoms with van der Waals surface area (Å²) in [6.07, 6.45) is 1.91. The second-order valence-corrected chi connectivity index (χ2v) is 11.4. The van der Waals surface area contributed by atoms with Crippen LogP contribution in [0.25, 0.3) is 61.4 Å². The lowest BCUT2D eigenvalue weighted by atomic mass is 9.88. The molecule has 4 aromatic heterocycles. The zero-order valence-corrected chi connectivity index (χ0v) is 24.0. The molecule has 7 rings (SSSR count). The van der Waals surface area contributed by atoms with Crippen molar-refractivity contribution in [2.75, 3.05) is 0 Å². The van der Waals surface area contributed by atoms with Crippen molar-refractivity contribution in [2.45, 2.75) is 46.5 Å². The number of nitrogens with zero attached hydrogens (tertiary/aromatic N) is 4. The second-order valence-electron chi connectivity index (χ2n) is 11.4. The maximum atomic E-state index is 6.19. The highest BCUT2D eigenvalue weighted by molar-refractivity contribution is 6.02. The number of hydrogen-bond donors (Lipinski definition) is 0. The maximum absolute atomic E-state index is 6.19. The molecule has 0 aliphatic heterocycles. The second kappa shape index (κ2) is 9.70. The van der Waals surface area contributed by atoms with Crippen molar-refractivity contribution < 1.29 is 4.42 Å². The van der Waals surface area contributed by atoms with Gasteiger partial charge in [-0.3, -0.25) is 9.55 Å². The monoisotopic (exact) mass is 536 g/mol. The zero-order chi connectivity index (χ0) is 28.2. The molecule has 0 spiro atoms. The molecule has 0 radical (unpaired) electrons. The van der Waals surface area contributed by atoms with Gasteiger partial charge in [0.2, 0.25) is 5.71 Å². The summed E-state index contributed by atoms with van der Waals surface area (Å²) in [6, 6.07) is 29.8. The molecular formula is C36H32N4O. The zero-order valence-electron chi connectivity index (χ0n) is 24.0. The van der Waals surface area contributed by atoms with E-state index in [1.165, 1.54) is 27.9 Å². The van der Waals surface area contributed by atoms with Crippen LogP contribution in [0.5, 0.6) is 0 Å². The fourth-order valence-electron chi connectivity index (χ4n) is 5.80. The van der Waals surface area contributed by atoms with Crippen molar-refractivity contribution in [3.05, 3.63) is 108 Å². The molecular weight excluding hydrogens is 504 g/mol. The average molecular weight is 537 g/mol. The first-order valence-corrected chi connectivity index (χ1v) is 14.3. The van der Waals surface area contributed by atoms with Crippen molar-refractivity contribution in [3.63, 3.8) is 0 Å². The van der Waals surface area contributed by atoms with Gasteiger partial charge in [0, 0.05) is 17.5 Å². The number of furan rings is 1. The van der Waals surface area contributed by atoms with Gasteiger partial charge in [-0.05, 0) is 83.5 Å². The van der Waals surface area contributed by atoms with Crippen LogP contribution in [-0.4, -0.2) is 19.5 Å². The number of hydrogen-bond acceptors (Lipinski definition) is 4. The lowest BCUT2D eigenvalue weighted by molar-refractivity contribution is 0.652. The number of pyridine rings is 2. The molecule has 0 saturated carbocycles. The van der Waals surface area contributed by atoms with E-state index >= 15 is 0 Å². The highest BCUT2D eigenvalue weighted by Crippen LogP contribution is 2.40. The van der Waals surface area contributed by atoms with Crippen molar-refractivity contribution in [1.29, 1.82) is 0 Å². The van der Waals surface area contributed by atoms with Crippen LogP contribution in [0.4, 0.5) is 0 Å². The third-order valence-corrected chi connectivity index (χ3v) is 7.88. The molecule has 3 aromatic carbocycles. The van der Waals surface area contributed by atoms with E-state index in [1.54, 1.807) is 0 Å². The highest BCUT2D eigenvalue weighted by Gasteiger charge is 2.24. The number of rotatable bonds is 5. The van der Waals surface area contributed by atoms with Gasteiger partial charge in [-0.2, -0.15) is 0 Å². The van der Waals surface area contributed by atoms with Crippen LogP contribution in [-0.2, 0) is 0 Å². The summed E-state index contributed by atoms with van der Waals surface area (Å²) in [6.45, 7) is 11.1. The Kier molecular flexibility index (Phi) is 5.97. The van der Waals surface area contributed by atoms with Crippen LogP contribution in [0.1, 0.15) is 56.4 Å². The predicted molar refractivity (Wildman–Crippen MR) is 168 cm³/mol. The van der Waals surface area contributed by atoms with Gasteiger partial charge in [0.25, 0.3) is 0 Å². The molecule has 0 atom stereocenters. The average Bonchev–Trinajstić information content (AvgIpc) is 3.54. The van der Waals surface area contributed by atoms with Crippen molar-refractivity contribution in [1.82, 2.24) is 19.5 Å². The van der Waals surface area contributed by atoms with E-state index in [0.29, 0.717) is 23.1 Å². The van der Waals surface area contributed by atoms with E-state index in [2.05, 4.69) is 104 Å². The minimum atomic E-state index is 0.297. The largest absolute Gasteiger partial charge is 0.436 e. The Labute approximate surface area is 239 Å². The first kappa shape index (κ1) is 25.2. The van der Waals surface area contributed by atoms with Crippen LogP contribution >= 0.6 is 0 Å². The first-order valence-electron chi connectivity index (χ1n) is 14.3. The maximum Gasteiger partial charge on any atom is 0.229 e. The summed E-state index contributed by atoms with van der Waals surface area (Å²) in [7, 11) is 0. The van der Waals surface area contributed by atoms with Gasteiger partial charge in [0.1, 0.15) is 11.3 Å². The van der Waals surface area contributed by atoms with Gasteiger partial charge in [0.15, 0.2) is 5.58 Å². The Balaban J connectivity index is 1.53. The van der Waals surface area contributed by atoms with Crippen molar-refractivity contribution in [3.8, 4) is 28.2 Å². The van der Waals surface area contributed by atoms with Crippen LogP contribution in [0, 0.1) is 6.92 Å². The number of imidazole rings is 1. The fourth-order valence-corrected chi connectivity index (χ4v) is 5.80. The van der Waals surface area contributed by atoms with Crippen LogP contribution in [0.2, 0.25) is 0 Å². The lowest BCUT2D eigenvalue weighted by Crippen LogP contribution is -2.09. The summed E-state index contributed by atoms with van der Waals surface area (Å²) in [5.74, 6) is 1.44. The first-order chi connectivity index (χ1) is 19.9. The molecule has 0 amide bonds. The van der Waals surface area contributed by atoms with Crippen LogP contribution < -0.4 is 0 Å². The van der Waals surface area contributed by atoms with Crippen molar-refractivity contribution >= 4 is 33.2 Å². The molecule has 0 bridgehead atoms. The molecule has 41 heavy (non-hydrogen) atoms. The summed E-state index contributed by atoms with van der Waals surface area (Å²) in [4.78, 5) is 14.6. The van der Waals surface area contributed by atoms with E-state index in [-0.39, 0.29) is 0 Å². The number of para-hydroxylation sites is 2. The molecule has 0 saturated heterocycles. The van der Waals surface area contributed by atoms with Gasteiger partial charge in [-0.15, -0.1) is 0 Å². The highest BCUT2D eigenvalue weighted by atomic mass is 16.3. The summed E-state index contributed by atoms with van der Waals surface area (Å²) in [5.41, 5.74) is 12.2. The molecule has 4 heterocycles. The molecule has 0 aliphatic carbocycles. The normalized spacial score (nSPS) is 12.0. The van der Waals surface area contributed by atoms with Gasteiger partial charge >= 0.3 is 0 Å². The fraction of sp³-hybridized carbons (Fsp3) is 0.194. The molecule has 0 aliphatic rings. The van der Waals surface area contributed by atoms with E-state index in [9.17, 15) is 0 Å². The molecule has 5 heteroatoms. The Morgan fingerprint density at radius 2 is 1.41 bits per heavy atom. The van der Waals surface area contributed by atoms with Crippen molar-refractivity contribution in [2.24, 2.45) is 0 Å². The van der Waals surface area contributed by atoms with Gasteiger partial charge in [0.05, 0.1) is 22.1 Å². The van der Waals surface area contributed by atoms with E-state index < -0.39 is 0 Å². The van der Waals surface area contributed by atoms with Gasteiger partial charge in [-0.25, -0.2) is 9.97 Å². The molecule has 5 nitrogen and oxygen atoms in total. The van der Waals surface area contributed by atoms with E-state index in [0.717, 1.165) is 39.0 Å². The van der Waals surface area contributed by atoms with Crippen LogP contribution in [0.15, 0.2) is 95.5 Å². The Morgan fingerprint density at radius 1 is 0.707 bits per heavy atom. The number of aryl methyl sites for hydroxylation is 1. The predicted octanol–water partition coefficient (Wildman–Crippen LogP) is 9.60. The number of fused-ring (bicyclic) bond motifs is 4. The van der Waals surface area contributed by atoms with Gasteiger partial charge in [-0.1, -0.05) is 70.2 Å². The van der Waals surface area contributed by atoms with Gasteiger partial charge < -0.3 is 4.42 Å².